The number of methoxy groups -OCH3 is 1. The highest BCUT2D eigenvalue weighted by Gasteiger charge is 2.11. The molecule has 0 aliphatic heterocycles. The first kappa shape index (κ1) is 9.31. The van der Waals surface area contributed by atoms with E-state index in [4.69, 9.17) is 5.11 Å². The Bertz CT molecular complexity index is 329. The van der Waals surface area contributed by atoms with Crippen molar-refractivity contribution in [3.8, 4) is 0 Å². The molecular weight excluding hydrogens is 174 g/mol. The molecule has 0 spiro atoms. The average Bonchev–Trinajstić information content (AvgIpc) is 2.50. The quantitative estimate of drug-likeness (QED) is 0.687. The lowest BCUT2D eigenvalue weighted by Crippen LogP contribution is -2.14. The smallest absolute Gasteiger partial charge is 0.354 e. The molecule has 0 atom stereocenters. The van der Waals surface area contributed by atoms with Gasteiger partial charge in [-0.15, -0.1) is 0 Å². The van der Waals surface area contributed by atoms with E-state index in [1.54, 1.807) is 6.07 Å². The predicted octanol–water partition coefficient (Wildman–Crippen LogP) is 0.359. The van der Waals surface area contributed by atoms with Gasteiger partial charge in [0.1, 0.15) is 12.2 Å². The molecule has 0 aromatic carbocycles. The van der Waals surface area contributed by atoms with E-state index in [0.29, 0.717) is 0 Å². The van der Waals surface area contributed by atoms with Crippen LogP contribution in [-0.2, 0) is 16.1 Å². The molecule has 70 valence electrons. The van der Waals surface area contributed by atoms with E-state index in [9.17, 15) is 9.59 Å². The van der Waals surface area contributed by atoms with Gasteiger partial charge in [-0.1, -0.05) is 0 Å². The zero-order valence-corrected chi connectivity index (χ0v) is 7.06. The summed E-state index contributed by atoms with van der Waals surface area (Å²) in [6, 6.07) is 3.10. The van der Waals surface area contributed by atoms with E-state index in [1.165, 1.54) is 23.9 Å². The number of hydrogen-bond acceptors (Lipinski definition) is 3. The molecule has 5 heteroatoms. The number of ether oxygens (including phenoxy) is 1. The summed E-state index contributed by atoms with van der Waals surface area (Å²) in [5.74, 6) is -1.53. The number of rotatable bonds is 3. The fourth-order valence-electron chi connectivity index (χ4n) is 0.988. The van der Waals surface area contributed by atoms with Crippen molar-refractivity contribution in [1.82, 2.24) is 4.57 Å². The van der Waals surface area contributed by atoms with Crippen molar-refractivity contribution in [2.45, 2.75) is 6.54 Å². The van der Waals surface area contributed by atoms with Gasteiger partial charge in [-0.05, 0) is 12.1 Å². The highest BCUT2D eigenvalue weighted by Crippen LogP contribution is 2.03. The van der Waals surface area contributed by atoms with E-state index in [1.807, 2.05) is 0 Å². The van der Waals surface area contributed by atoms with Crippen LogP contribution in [0.3, 0.4) is 0 Å². The first-order valence-corrected chi connectivity index (χ1v) is 3.60. The molecule has 1 aromatic rings. The second-order valence-corrected chi connectivity index (χ2v) is 2.41. The second-order valence-electron chi connectivity index (χ2n) is 2.41. The van der Waals surface area contributed by atoms with Gasteiger partial charge < -0.3 is 14.4 Å². The van der Waals surface area contributed by atoms with Gasteiger partial charge in [0.05, 0.1) is 7.11 Å². The summed E-state index contributed by atoms with van der Waals surface area (Å²) in [6.45, 7) is -0.239. The van der Waals surface area contributed by atoms with Gasteiger partial charge in [-0.3, -0.25) is 4.79 Å². The molecule has 5 nitrogen and oxygen atoms in total. The minimum Gasteiger partial charge on any atom is -0.480 e. The third-order valence-corrected chi connectivity index (χ3v) is 1.53. The maximum absolute atomic E-state index is 11.0. The standard InChI is InChI=1S/C8H9NO4/c1-13-8(12)6-3-2-4-9(6)5-7(10)11/h2-4H,5H2,1H3,(H,10,11). The van der Waals surface area contributed by atoms with E-state index in [2.05, 4.69) is 4.74 Å². The van der Waals surface area contributed by atoms with Crippen LogP contribution >= 0.6 is 0 Å². The fourth-order valence-corrected chi connectivity index (χ4v) is 0.988. The van der Waals surface area contributed by atoms with Crippen LogP contribution in [0.25, 0.3) is 0 Å². The number of hydrogen-bond donors (Lipinski definition) is 1. The van der Waals surface area contributed by atoms with Gasteiger partial charge in [0, 0.05) is 6.20 Å². The summed E-state index contributed by atoms with van der Waals surface area (Å²) in [7, 11) is 1.25. The van der Waals surface area contributed by atoms with Crippen molar-refractivity contribution < 1.29 is 19.4 Å². The SMILES string of the molecule is COC(=O)c1cccn1CC(=O)O. The lowest BCUT2D eigenvalue weighted by atomic mass is 10.4. The lowest BCUT2D eigenvalue weighted by Gasteiger charge is -2.03. The number of carbonyl (C=O) groups is 2. The zero-order valence-electron chi connectivity index (χ0n) is 7.06. The van der Waals surface area contributed by atoms with Gasteiger partial charge in [0.25, 0.3) is 0 Å². The molecule has 1 N–H and O–H groups in total. The first-order valence-electron chi connectivity index (χ1n) is 3.60. The monoisotopic (exact) mass is 183 g/mol. The highest BCUT2D eigenvalue weighted by molar-refractivity contribution is 5.88. The maximum Gasteiger partial charge on any atom is 0.354 e. The van der Waals surface area contributed by atoms with Gasteiger partial charge in [0.15, 0.2) is 0 Å². The van der Waals surface area contributed by atoms with Gasteiger partial charge in [-0.2, -0.15) is 0 Å². The molecule has 1 heterocycles. The van der Waals surface area contributed by atoms with Crippen LogP contribution in [0.5, 0.6) is 0 Å². The van der Waals surface area contributed by atoms with E-state index in [-0.39, 0.29) is 12.2 Å². The van der Waals surface area contributed by atoms with Crippen LogP contribution in [0.2, 0.25) is 0 Å². The molecular formula is C8H9NO4. The van der Waals surface area contributed by atoms with Crippen molar-refractivity contribution in [1.29, 1.82) is 0 Å². The molecule has 0 bridgehead atoms. The average molecular weight is 183 g/mol. The van der Waals surface area contributed by atoms with Crippen LogP contribution in [0, 0.1) is 0 Å². The highest BCUT2D eigenvalue weighted by atomic mass is 16.5. The summed E-state index contributed by atoms with van der Waals surface area (Å²) >= 11 is 0. The molecule has 0 aliphatic carbocycles. The molecule has 0 fully saturated rings. The van der Waals surface area contributed by atoms with Crippen molar-refractivity contribution >= 4 is 11.9 Å². The van der Waals surface area contributed by atoms with E-state index < -0.39 is 11.9 Å². The van der Waals surface area contributed by atoms with Crippen molar-refractivity contribution in [3.05, 3.63) is 24.0 Å². The van der Waals surface area contributed by atoms with Crippen molar-refractivity contribution in [2.24, 2.45) is 0 Å². The van der Waals surface area contributed by atoms with Crippen LogP contribution < -0.4 is 0 Å². The summed E-state index contributed by atoms with van der Waals surface area (Å²) in [6.07, 6.45) is 1.51. The largest absolute Gasteiger partial charge is 0.480 e. The van der Waals surface area contributed by atoms with Gasteiger partial charge in [0.2, 0.25) is 0 Å². The Morgan fingerprint density at radius 3 is 2.85 bits per heavy atom. The lowest BCUT2D eigenvalue weighted by molar-refractivity contribution is -0.137. The minimum absolute atomic E-state index is 0.239. The molecule has 0 saturated carbocycles. The Kier molecular flexibility index (Phi) is 2.69. The third kappa shape index (κ3) is 2.08. The Morgan fingerprint density at radius 2 is 2.31 bits per heavy atom. The van der Waals surface area contributed by atoms with E-state index in [0.717, 1.165) is 0 Å². The third-order valence-electron chi connectivity index (χ3n) is 1.53. The van der Waals surface area contributed by atoms with Gasteiger partial charge in [-0.25, -0.2) is 4.79 Å². The normalized spacial score (nSPS) is 9.62. The number of carboxylic acid groups (broad SMARTS) is 1. The van der Waals surface area contributed by atoms with Crippen LogP contribution in [0.1, 0.15) is 10.5 Å². The molecule has 0 amide bonds. The molecule has 0 unspecified atom stereocenters. The number of aromatic nitrogens is 1. The Hall–Kier alpha value is -1.78. The van der Waals surface area contributed by atoms with Gasteiger partial charge >= 0.3 is 11.9 Å². The summed E-state index contributed by atoms with van der Waals surface area (Å²) in [4.78, 5) is 21.4. The fraction of sp³-hybridized carbons (Fsp3) is 0.250. The Morgan fingerprint density at radius 1 is 1.62 bits per heavy atom. The summed E-state index contributed by atoms with van der Waals surface area (Å²) < 4.78 is 5.78. The minimum atomic E-state index is -0.999. The summed E-state index contributed by atoms with van der Waals surface area (Å²) in [5, 5.41) is 8.49. The van der Waals surface area contributed by atoms with E-state index >= 15 is 0 Å². The van der Waals surface area contributed by atoms with Crippen molar-refractivity contribution in [3.63, 3.8) is 0 Å². The molecule has 1 rings (SSSR count). The topological polar surface area (TPSA) is 68.5 Å². The number of nitrogens with zero attached hydrogens (tertiary/aromatic N) is 1. The number of carboxylic acids is 1. The maximum atomic E-state index is 11.0. The number of carbonyl (C=O) groups excluding carboxylic acids is 1. The number of esters is 1. The summed E-state index contributed by atoms with van der Waals surface area (Å²) in [5.41, 5.74) is 0.241. The number of aliphatic carboxylic acids is 1. The predicted molar refractivity (Wildman–Crippen MR) is 43.4 cm³/mol. The molecule has 0 radical (unpaired) electrons. The van der Waals surface area contributed by atoms with Crippen LogP contribution in [0.15, 0.2) is 18.3 Å². The molecule has 0 saturated heterocycles. The molecule has 13 heavy (non-hydrogen) atoms. The van der Waals surface area contributed by atoms with Crippen LogP contribution in [0.4, 0.5) is 0 Å². The Balaban J connectivity index is 2.89. The Labute approximate surface area is 74.5 Å². The van der Waals surface area contributed by atoms with Crippen molar-refractivity contribution in [2.75, 3.05) is 7.11 Å². The first-order chi connectivity index (χ1) is 6.15. The second kappa shape index (κ2) is 3.75. The molecule has 1 aromatic heterocycles. The zero-order chi connectivity index (χ0) is 9.84. The molecule has 0 aliphatic rings. The van der Waals surface area contributed by atoms with Crippen LogP contribution in [-0.4, -0.2) is 28.7 Å².